The largest absolute Gasteiger partial charge is 0.398 e. The molecule has 1 amide bonds. The minimum Gasteiger partial charge on any atom is -0.398 e. The number of hydrogen-bond acceptors (Lipinski definition) is 3. The molecule has 0 heterocycles. The standard InChI is InChI=1S/C13H19ClN2O2/c1-3-13(2,7-8-17)16-12(18)11-9(14)5-4-6-10(11)15/h4-6,17H,3,7-8,15H2,1-2H3,(H,16,18). The van der Waals surface area contributed by atoms with E-state index < -0.39 is 5.54 Å². The van der Waals surface area contributed by atoms with Crippen molar-refractivity contribution in [1.82, 2.24) is 5.32 Å². The Morgan fingerprint density at radius 1 is 1.56 bits per heavy atom. The fraction of sp³-hybridized carbons (Fsp3) is 0.462. The number of halogens is 1. The summed E-state index contributed by atoms with van der Waals surface area (Å²) < 4.78 is 0. The molecule has 0 aliphatic carbocycles. The van der Waals surface area contributed by atoms with Gasteiger partial charge in [0.1, 0.15) is 0 Å². The summed E-state index contributed by atoms with van der Waals surface area (Å²) in [6, 6.07) is 4.96. The highest BCUT2D eigenvalue weighted by Gasteiger charge is 2.26. The van der Waals surface area contributed by atoms with E-state index in [1.807, 2.05) is 13.8 Å². The molecule has 0 fully saturated rings. The Balaban J connectivity index is 2.95. The van der Waals surface area contributed by atoms with E-state index in [1.165, 1.54) is 0 Å². The van der Waals surface area contributed by atoms with E-state index in [4.69, 9.17) is 22.4 Å². The molecule has 0 radical (unpaired) electrons. The molecule has 0 aromatic heterocycles. The number of carbonyl (C=O) groups excluding carboxylic acids is 1. The van der Waals surface area contributed by atoms with Crippen LogP contribution in [0.1, 0.15) is 37.0 Å². The zero-order chi connectivity index (χ0) is 13.8. The van der Waals surface area contributed by atoms with Crippen LogP contribution >= 0.6 is 11.6 Å². The van der Waals surface area contributed by atoms with Crippen molar-refractivity contribution in [1.29, 1.82) is 0 Å². The van der Waals surface area contributed by atoms with Crippen LogP contribution in [0.15, 0.2) is 18.2 Å². The molecule has 18 heavy (non-hydrogen) atoms. The molecule has 0 aliphatic heterocycles. The molecule has 1 aromatic carbocycles. The molecule has 1 unspecified atom stereocenters. The summed E-state index contributed by atoms with van der Waals surface area (Å²) in [5.74, 6) is -0.309. The predicted molar refractivity (Wildman–Crippen MR) is 73.7 cm³/mol. The number of carbonyl (C=O) groups is 1. The average molecular weight is 271 g/mol. The van der Waals surface area contributed by atoms with Crippen molar-refractivity contribution < 1.29 is 9.90 Å². The monoisotopic (exact) mass is 270 g/mol. The summed E-state index contributed by atoms with van der Waals surface area (Å²) in [5, 5.41) is 12.2. The smallest absolute Gasteiger partial charge is 0.255 e. The lowest BCUT2D eigenvalue weighted by Gasteiger charge is -2.29. The van der Waals surface area contributed by atoms with E-state index in [9.17, 15) is 4.79 Å². The van der Waals surface area contributed by atoms with E-state index in [0.29, 0.717) is 23.6 Å². The molecule has 1 rings (SSSR count). The van der Waals surface area contributed by atoms with Crippen LogP contribution in [0.5, 0.6) is 0 Å². The van der Waals surface area contributed by atoms with Crippen LogP contribution in [-0.4, -0.2) is 23.2 Å². The highest BCUT2D eigenvalue weighted by molar-refractivity contribution is 6.34. The topological polar surface area (TPSA) is 75.3 Å². The van der Waals surface area contributed by atoms with Crippen molar-refractivity contribution in [2.24, 2.45) is 0 Å². The minimum absolute atomic E-state index is 0.0165. The normalized spacial score (nSPS) is 14.0. The Bertz CT molecular complexity index is 417. The van der Waals surface area contributed by atoms with E-state index in [0.717, 1.165) is 0 Å². The second kappa shape index (κ2) is 6.07. The second-order valence-corrected chi connectivity index (χ2v) is 4.95. The summed E-state index contributed by atoms with van der Waals surface area (Å²) in [6.45, 7) is 3.85. The molecule has 4 nitrogen and oxygen atoms in total. The molecule has 0 aliphatic rings. The van der Waals surface area contributed by atoms with Gasteiger partial charge in [0.25, 0.3) is 5.91 Å². The molecule has 4 N–H and O–H groups in total. The van der Waals surface area contributed by atoms with Crippen LogP contribution in [0.25, 0.3) is 0 Å². The second-order valence-electron chi connectivity index (χ2n) is 4.55. The summed E-state index contributed by atoms with van der Waals surface area (Å²) in [7, 11) is 0. The highest BCUT2D eigenvalue weighted by Crippen LogP contribution is 2.23. The lowest BCUT2D eigenvalue weighted by Crippen LogP contribution is -2.46. The quantitative estimate of drug-likeness (QED) is 0.718. The zero-order valence-electron chi connectivity index (χ0n) is 10.7. The molecule has 1 aromatic rings. The van der Waals surface area contributed by atoms with Crippen molar-refractivity contribution in [3.05, 3.63) is 28.8 Å². The Hall–Kier alpha value is -1.26. The van der Waals surface area contributed by atoms with Crippen LogP contribution < -0.4 is 11.1 Å². The molecular formula is C13H19ClN2O2. The van der Waals surface area contributed by atoms with Gasteiger partial charge in [0.2, 0.25) is 0 Å². The van der Waals surface area contributed by atoms with E-state index in [-0.39, 0.29) is 18.1 Å². The van der Waals surface area contributed by atoms with Crippen LogP contribution in [0.3, 0.4) is 0 Å². The van der Waals surface area contributed by atoms with Gasteiger partial charge in [0.15, 0.2) is 0 Å². The third-order valence-corrected chi connectivity index (χ3v) is 3.45. The number of amides is 1. The molecule has 0 saturated heterocycles. The number of nitrogen functional groups attached to an aromatic ring is 1. The first-order chi connectivity index (χ1) is 8.43. The number of rotatable bonds is 5. The first-order valence-corrected chi connectivity index (χ1v) is 6.28. The predicted octanol–water partition coefficient (Wildman–Crippen LogP) is 2.20. The maximum atomic E-state index is 12.2. The fourth-order valence-electron chi connectivity index (χ4n) is 1.69. The van der Waals surface area contributed by atoms with Gasteiger partial charge in [-0.25, -0.2) is 0 Å². The Morgan fingerprint density at radius 2 is 2.22 bits per heavy atom. The van der Waals surface area contributed by atoms with Gasteiger partial charge in [0.05, 0.1) is 10.6 Å². The van der Waals surface area contributed by atoms with Gasteiger partial charge in [0, 0.05) is 17.8 Å². The maximum Gasteiger partial charge on any atom is 0.255 e. The van der Waals surface area contributed by atoms with Crippen LogP contribution in [0.2, 0.25) is 5.02 Å². The number of nitrogens with one attached hydrogen (secondary N) is 1. The summed E-state index contributed by atoms with van der Waals surface area (Å²) in [6.07, 6.45) is 1.20. The lowest BCUT2D eigenvalue weighted by molar-refractivity contribution is 0.0887. The van der Waals surface area contributed by atoms with Crippen molar-refractivity contribution >= 4 is 23.2 Å². The molecular weight excluding hydrogens is 252 g/mol. The third-order valence-electron chi connectivity index (χ3n) is 3.13. The first-order valence-electron chi connectivity index (χ1n) is 5.91. The number of anilines is 1. The summed E-state index contributed by atoms with van der Waals surface area (Å²) >= 11 is 5.98. The highest BCUT2D eigenvalue weighted by atomic mass is 35.5. The van der Waals surface area contributed by atoms with Gasteiger partial charge in [-0.2, -0.15) is 0 Å². The van der Waals surface area contributed by atoms with Crippen molar-refractivity contribution in [2.45, 2.75) is 32.2 Å². The van der Waals surface area contributed by atoms with Gasteiger partial charge >= 0.3 is 0 Å². The molecule has 5 heteroatoms. The van der Waals surface area contributed by atoms with Gasteiger partial charge in [-0.05, 0) is 31.9 Å². The van der Waals surface area contributed by atoms with E-state index in [1.54, 1.807) is 18.2 Å². The van der Waals surface area contributed by atoms with Gasteiger partial charge < -0.3 is 16.2 Å². The Labute approximate surface area is 112 Å². The molecule has 1 atom stereocenters. The Morgan fingerprint density at radius 3 is 2.72 bits per heavy atom. The van der Waals surface area contributed by atoms with Crippen molar-refractivity contribution in [2.75, 3.05) is 12.3 Å². The van der Waals surface area contributed by atoms with Crippen LogP contribution in [-0.2, 0) is 0 Å². The molecule has 0 spiro atoms. The Kier molecular flexibility index (Phi) is 4.99. The number of hydrogen-bond donors (Lipinski definition) is 3. The SMILES string of the molecule is CCC(C)(CCO)NC(=O)c1c(N)cccc1Cl. The van der Waals surface area contributed by atoms with Gasteiger partial charge in [-0.3, -0.25) is 4.79 Å². The summed E-state index contributed by atoms with van der Waals surface area (Å²) in [4.78, 5) is 12.2. The minimum atomic E-state index is -0.461. The van der Waals surface area contributed by atoms with E-state index >= 15 is 0 Å². The van der Waals surface area contributed by atoms with Crippen molar-refractivity contribution in [3.8, 4) is 0 Å². The van der Waals surface area contributed by atoms with Crippen LogP contribution in [0.4, 0.5) is 5.69 Å². The van der Waals surface area contributed by atoms with Crippen LogP contribution in [0, 0.1) is 0 Å². The maximum absolute atomic E-state index is 12.2. The van der Waals surface area contributed by atoms with Gasteiger partial charge in [-0.15, -0.1) is 0 Å². The molecule has 100 valence electrons. The number of nitrogens with two attached hydrogens (primary N) is 1. The zero-order valence-corrected chi connectivity index (χ0v) is 11.4. The van der Waals surface area contributed by atoms with Gasteiger partial charge in [-0.1, -0.05) is 24.6 Å². The molecule has 0 saturated carbocycles. The third kappa shape index (κ3) is 3.37. The summed E-state index contributed by atoms with van der Waals surface area (Å²) in [5.41, 5.74) is 5.94. The average Bonchev–Trinajstić information content (AvgIpc) is 2.29. The van der Waals surface area contributed by atoms with Crippen molar-refractivity contribution in [3.63, 3.8) is 0 Å². The lowest BCUT2D eigenvalue weighted by atomic mass is 9.94. The first kappa shape index (κ1) is 14.8. The van der Waals surface area contributed by atoms with E-state index in [2.05, 4.69) is 5.32 Å². The number of aliphatic hydroxyl groups excluding tert-OH is 1. The molecule has 0 bridgehead atoms. The fourth-order valence-corrected chi connectivity index (χ4v) is 1.96. The number of aliphatic hydroxyl groups is 1. The number of benzene rings is 1.